The van der Waals surface area contributed by atoms with Crippen molar-refractivity contribution in [3.8, 4) is 0 Å². The van der Waals surface area contributed by atoms with Crippen molar-refractivity contribution in [2.24, 2.45) is 0 Å². The topological polar surface area (TPSA) is 127 Å². The van der Waals surface area contributed by atoms with Gasteiger partial charge in [-0.3, -0.25) is 19.1 Å². The summed E-state index contributed by atoms with van der Waals surface area (Å²) < 4.78 is 1.34. The number of aromatic amines is 1. The molecule has 0 saturated carbocycles. The lowest BCUT2D eigenvalue weighted by molar-refractivity contribution is -0.116. The third-order valence-corrected chi connectivity index (χ3v) is 6.87. The van der Waals surface area contributed by atoms with Crippen molar-refractivity contribution in [1.82, 2.24) is 19.5 Å². The number of H-pyrrole nitrogens is 1. The van der Waals surface area contributed by atoms with Gasteiger partial charge in [0.05, 0.1) is 5.75 Å². The lowest BCUT2D eigenvalue weighted by Gasteiger charge is -2.24. The van der Waals surface area contributed by atoms with Crippen molar-refractivity contribution in [3.63, 3.8) is 0 Å². The third-order valence-electron chi connectivity index (χ3n) is 5.06. The highest BCUT2D eigenvalue weighted by Crippen LogP contribution is 2.28. The number of anilines is 2. The van der Waals surface area contributed by atoms with Gasteiger partial charge in [0.2, 0.25) is 5.91 Å². The van der Waals surface area contributed by atoms with Crippen molar-refractivity contribution in [3.05, 3.63) is 38.6 Å². The first-order valence-corrected chi connectivity index (χ1v) is 12.6. The molecule has 0 radical (unpaired) electrons. The van der Waals surface area contributed by atoms with Gasteiger partial charge < -0.3 is 10.6 Å². The Morgan fingerprint density at radius 2 is 2.00 bits per heavy atom. The molecule has 32 heavy (non-hydrogen) atoms. The van der Waals surface area contributed by atoms with Crippen molar-refractivity contribution < 1.29 is 4.79 Å². The van der Waals surface area contributed by atoms with E-state index in [4.69, 9.17) is 5.73 Å². The molecule has 1 amide bonds. The normalized spacial score (nSPS) is 11.2. The van der Waals surface area contributed by atoms with Crippen molar-refractivity contribution >= 4 is 50.7 Å². The van der Waals surface area contributed by atoms with E-state index in [0.717, 1.165) is 42.3 Å². The summed E-state index contributed by atoms with van der Waals surface area (Å²) in [5.74, 6) is -0.142. The summed E-state index contributed by atoms with van der Waals surface area (Å²) in [6, 6.07) is 1.93. The van der Waals surface area contributed by atoms with E-state index in [-0.39, 0.29) is 23.2 Å². The minimum absolute atomic E-state index is 0.0318. The molecule has 0 saturated heterocycles. The quantitative estimate of drug-likeness (QED) is 0.247. The molecule has 0 spiro atoms. The van der Waals surface area contributed by atoms with Gasteiger partial charge in [0.25, 0.3) is 5.56 Å². The molecule has 0 aromatic carbocycles. The van der Waals surface area contributed by atoms with Gasteiger partial charge in [0.1, 0.15) is 22.0 Å². The molecule has 11 heteroatoms. The van der Waals surface area contributed by atoms with E-state index in [0.29, 0.717) is 18.1 Å². The molecule has 3 aromatic rings. The molecule has 3 heterocycles. The minimum Gasteiger partial charge on any atom is -0.383 e. The number of aromatic nitrogens is 4. The summed E-state index contributed by atoms with van der Waals surface area (Å²) in [5.41, 5.74) is 5.11. The van der Waals surface area contributed by atoms with Gasteiger partial charge in [-0.2, -0.15) is 0 Å². The Morgan fingerprint density at radius 3 is 2.75 bits per heavy atom. The van der Waals surface area contributed by atoms with E-state index in [1.54, 1.807) is 0 Å². The number of hydrogen-bond acceptors (Lipinski definition) is 8. The summed E-state index contributed by atoms with van der Waals surface area (Å²) in [7, 11) is 0. The third kappa shape index (κ3) is 5.39. The Labute approximate surface area is 194 Å². The van der Waals surface area contributed by atoms with Crippen LogP contribution in [0, 0.1) is 0 Å². The van der Waals surface area contributed by atoms with Crippen LogP contribution in [0.2, 0.25) is 0 Å². The molecular weight excluding hydrogens is 448 g/mol. The van der Waals surface area contributed by atoms with Gasteiger partial charge in [-0.15, -0.1) is 11.3 Å². The molecule has 3 rings (SSSR count). The van der Waals surface area contributed by atoms with Crippen LogP contribution in [0.25, 0.3) is 10.2 Å². The number of hydrogen-bond donors (Lipinski definition) is 2. The molecule has 9 nitrogen and oxygen atoms in total. The summed E-state index contributed by atoms with van der Waals surface area (Å²) >= 11 is 2.81. The summed E-state index contributed by atoms with van der Waals surface area (Å²) in [6.45, 7) is 4.80. The Morgan fingerprint density at radius 1 is 1.22 bits per heavy atom. The predicted molar refractivity (Wildman–Crippen MR) is 131 cm³/mol. The molecule has 0 fully saturated rings. The van der Waals surface area contributed by atoms with Crippen LogP contribution in [0.5, 0.6) is 0 Å². The van der Waals surface area contributed by atoms with Crippen LogP contribution >= 0.6 is 23.1 Å². The fourth-order valence-corrected chi connectivity index (χ4v) is 5.00. The summed E-state index contributed by atoms with van der Waals surface area (Å²) in [5, 5.41) is 3.55. The second-order valence-corrected chi connectivity index (χ2v) is 9.22. The number of carbonyl (C=O) groups excluding carboxylic acids is 1. The zero-order chi connectivity index (χ0) is 23.1. The fraction of sp³-hybridized carbons (Fsp3) is 0.476. The molecular formula is C21H28N6O3S2. The number of unbranched alkanes of at least 4 members (excludes halogenated alkanes) is 3. The number of thiophene rings is 1. The number of amides is 1. The number of nitrogens with two attached hydrogens (primary N) is 1. The average molecular weight is 477 g/mol. The Bertz CT molecular complexity index is 1190. The van der Waals surface area contributed by atoms with E-state index in [9.17, 15) is 14.4 Å². The van der Waals surface area contributed by atoms with E-state index >= 15 is 0 Å². The lowest BCUT2D eigenvalue weighted by atomic mass is 10.2. The molecule has 0 unspecified atom stereocenters. The van der Waals surface area contributed by atoms with Gasteiger partial charge in [0, 0.05) is 18.5 Å². The van der Waals surface area contributed by atoms with Crippen LogP contribution in [0.1, 0.15) is 46.0 Å². The Kier molecular flexibility index (Phi) is 8.46. The predicted octanol–water partition coefficient (Wildman–Crippen LogP) is 3.24. The molecule has 172 valence electrons. The van der Waals surface area contributed by atoms with Crippen LogP contribution in [-0.2, 0) is 11.3 Å². The highest BCUT2D eigenvalue weighted by molar-refractivity contribution is 8.00. The number of nitrogen functional groups attached to an aromatic ring is 1. The smallest absolute Gasteiger partial charge is 0.330 e. The van der Waals surface area contributed by atoms with Crippen molar-refractivity contribution in [2.45, 2.75) is 57.5 Å². The molecule has 0 atom stereocenters. The largest absolute Gasteiger partial charge is 0.383 e. The molecule has 0 bridgehead atoms. The van der Waals surface area contributed by atoms with Crippen molar-refractivity contribution in [2.75, 3.05) is 22.9 Å². The first kappa shape index (κ1) is 24.0. The summed E-state index contributed by atoms with van der Waals surface area (Å²) in [4.78, 5) is 51.4. The van der Waals surface area contributed by atoms with Crippen LogP contribution in [0.15, 0.2) is 32.4 Å². The van der Waals surface area contributed by atoms with Gasteiger partial charge in [0.15, 0.2) is 5.69 Å². The van der Waals surface area contributed by atoms with Crippen LogP contribution in [-0.4, -0.2) is 37.7 Å². The highest BCUT2D eigenvalue weighted by Gasteiger charge is 2.24. The maximum absolute atomic E-state index is 13.3. The van der Waals surface area contributed by atoms with Crippen LogP contribution < -0.4 is 21.9 Å². The lowest BCUT2D eigenvalue weighted by Crippen LogP contribution is -2.42. The standard InChI is InChI=1S/C21H28N6O3S2/c1-3-5-7-10-26(16-17(22)27(9-6-4-2)21(30)25-18(16)29)15(28)12-32-20-14-8-11-31-19(14)23-13-24-20/h8,11,13H,3-7,9-10,12,22H2,1-2H3,(H,25,29,30). The van der Waals surface area contributed by atoms with E-state index < -0.39 is 11.2 Å². The van der Waals surface area contributed by atoms with Gasteiger partial charge >= 0.3 is 5.69 Å². The minimum atomic E-state index is -0.641. The molecule has 3 N–H and O–H groups in total. The molecule has 0 aliphatic carbocycles. The molecule has 0 aliphatic rings. The van der Waals surface area contributed by atoms with E-state index in [2.05, 4.69) is 21.9 Å². The zero-order valence-corrected chi connectivity index (χ0v) is 19.9. The van der Waals surface area contributed by atoms with Gasteiger partial charge in [-0.05, 0) is 24.3 Å². The maximum Gasteiger partial charge on any atom is 0.330 e. The first-order valence-electron chi connectivity index (χ1n) is 10.7. The molecule has 0 aliphatic heterocycles. The second-order valence-electron chi connectivity index (χ2n) is 7.36. The SMILES string of the molecule is CCCCCN(C(=O)CSc1ncnc2sccc12)c1c(N)n(CCCC)c(=O)[nH]c1=O. The number of thioether (sulfide) groups is 1. The van der Waals surface area contributed by atoms with Crippen LogP contribution in [0.4, 0.5) is 11.5 Å². The van der Waals surface area contributed by atoms with Gasteiger partial charge in [-0.1, -0.05) is 44.9 Å². The number of nitrogens with zero attached hydrogens (tertiary/aromatic N) is 4. The van der Waals surface area contributed by atoms with Crippen molar-refractivity contribution in [1.29, 1.82) is 0 Å². The number of fused-ring (bicyclic) bond motifs is 1. The fourth-order valence-electron chi connectivity index (χ4n) is 3.35. The van der Waals surface area contributed by atoms with Crippen LogP contribution in [0.3, 0.4) is 0 Å². The van der Waals surface area contributed by atoms with Gasteiger partial charge in [-0.25, -0.2) is 14.8 Å². The monoisotopic (exact) mass is 476 g/mol. The number of rotatable bonds is 11. The first-order chi connectivity index (χ1) is 15.5. The maximum atomic E-state index is 13.3. The Hall–Kier alpha value is -2.66. The second kappa shape index (κ2) is 11.3. The summed E-state index contributed by atoms with van der Waals surface area (Å²) in [6.07, 6.45) is 5.69. The highest BCUT2D eigenvalue weighted by atomic mass is 32.2. The molecule has 3 aromatic heterocycles. The zero-order valence-electron chi connectivity index (χ0n) is 18.3. The van der Waals surface area contributed by atoms with E-state index in [1.807, 2.05) is 18.4 Å². The number of carbonyl (C=O) groups is 1. The number of nitrogens with one attached hydrogen (secondary N) is 1. The average Bonchev–Trinajstić information content (AvgIpc) is 3.25. The van der Waals surface area contributed by atoms with E-state index in [1.165, 1.54) is 38.9 Å². The Balaban J connectivity index is 1.90.